The van der Waals surface area contributed by atoms with Crippen molar-refractivity contribution in [3.8, 4) is 5.75 Å². The Morgan fingerprint density at radius 1 is 1.16 bits per heavy atom. The van der Waals surface area contributed by atoms with E-state index in [0.717, 1.165) is 5.56 Å². The lowest BCUT2D eigenvalue weighted by Gasteiger charge is -2.36. The molecule has 1 heterocycles. The van der Waals surface area contributed by atoms with Gasteiger partial charge in [-0.05, 0) is 30.7 Å². The van der Waals surface area contributed by atoms with E-state index in [-0.39, 0.29) is 18.8 Å². The SMILES string of the molecule is CCOC[C@@]1(C(=O)c2ccccc2OC)Cc2ccccc2C(=O)O1. The van der Waals surface area contributed by atoms with Gasteiger partial charge in [0.25, 0.3) is 0 Å². The van der Waals surface area contributed by atoms with Crippen LogP contribution in [0.25, 0.3) is 0 Å². The Balaban J connectivity index is 2.06. The molecule has 0 saturated heterocycles. The number of ketones is 1. The lowest BCUT2D eigenvalue weighted by atomic mass is 9.83. The second kappa shape index (κ2) is 7.07. The third-order valence-electron chi connectivity index (χ3n) is 4.31. The minimum Gasteiger partial charge on any atom is -0.496 e. The van der Waals surface area contributed by atoms with E-state index in [2.05, 4.69) is 0 Å². The summed E-state index contributed by atoms with van der Waals surface area (Å²) in [4.78, 5) is 25.8. The Bertz CT molecular complexity index is 798. The van der Waals surface area contributed by atoms with Crippen molar-refractivity contribution in [3.05, 3.63) is 65.2 Å². The fraction of sp³-hybridized carbons (Fsp3) is 0.300. The second-order valence-electron chi connectivity index (χ2n) is 5.88. The summed E-state index contributed by atoms with van der Waals surface area (Å²) in [5.74, 6) is -0.385. The van der Waals surface area contributed by atoms with Gasteiger partial charge in [0.1, 0.15) is 5.75 Å². The summed E-state index contributed by atoms with van der Waals surface area (Å²) in [6.07, 6.45) is 0.270. The third-order valence-corrected chi connectivity index (χ3v) is 4.31. The van der Waals surface area contributed by atoms with Gasteiger partial charge in [-0.1, -0.05) is 30.3 Å². The lowest BCUT2D eigenvalue weighted by Crippen LogP contribution is -2.52. The zero-order chi connectivity index (χ0) is 17.9. The largest absolute Gasteiger partial charge is 0.496 e. The van der Waals surface area contributed by atoms with Gasteiger partial charge >= 0.3 is 5.97 Å². The Morgan fingerprint density at radius 3 is 2.64 bits per heavy atom. The van der Waals surface area contributed by atoms with Crippen LogP contribution in [0.5, 0.6) is 5.75 Å². The van der Waals surface area contributed by atoms with E-state index >= 15 is 0 Å². The number of cyclic esters (lactones) is 1. The fourth-order valence-corrected chi connectivity index (χ4v) is 3.07. The molecule has 2 aromatic rings. The number of benzene rings is 2. The van der Waals surface area contributed by atoms with Gasteiger partial charge in [0.05, 0.1) is 24.8 Å². The van der Waals surface area contributed by atoms with E-state index < -0.39 is 11.6 Å². The second-order valence-corrected chi connectivity index (χ2v) is 5.88. The average molecular weight is 340 g/mol. The monoisotopic (exact) mass is 340 g/mol. The zero-order valence-corrected chi connectivity index (χ0v) is 14.3. The molecule has 1 atom stereocenters. The van der Waals surface area contributed by atoms with Crippen molar-refractivity contribution in [2.24, 2.45) is 0 Å². The fourth-order valence-electron chi connectivity index (χ4n) is 3.07. The summed E-state index contributed by atoms with van der Waals surface area (Å²) >= 11 is 0. The predicted octanol–water partition coefficient (Wildman–Crippen LogP) is 3.07. The summed E-state index contributed by atoms with van der Waals surface area (Å²) in [5.41, 5.74) is 0.247. The molecule has 25 heavy (non-hydrogen) atoms. The van der Waals surface area contributed by atoms with Gasteiger partial charge in [-0.15, -0.1) is 0 Å². The maximum atomic E-state index is 13.3. The van der Waals surface area contributed by atoms with E-state index in [9.17, 15) is 9.59 Å². The Kier molecular flexibility index (Phi) is 4.86. The van der Waals surface area contributed by atoms with Crippen molar-refractivity contribution < 1.29 is 23.8 Å². The van der Waals surface area contributed by atoms with E-state index in [1.165, 1.54) is 7.11 Å². The normalized spacial score (nSPS) is 19.0. The van der Waals surface area contributed by atoms with E-state index in [0.29, 0.717) is 23.5 Å². The first-order valence-corrected chi connectivity index (χ1v) is 8.18. The summed E-state index contributed by atoms with van der Waals surface area (Å²) in [7, 11) is 1.50. The first-order chi connectivity index (χ1) is 12.1. The molecular formula is C20H20O5. The first-order valence-electron chi connectivity index (χ1n) is 8.18. The molecule has 3 rings (SSSR count). The smallest absolute Gasteiger partial charge is 0.339 e. The number of methoxy groups -OCH3 is 1. The number of hydrogen-bond acceptors (Lipinski definition) is 5. The van der Waals surface area contributed by atoms with Crippen LogP contribution in [0.3, 0.4) is 0 Å². The highest BCUT2D eigenvalue weighted by molar-refractivity contribution is 6.08. The molecule has 1 aliphatic heterocycles. The molecule has 2 aromatic carbocycles. The van der Waals surface area contributed by atoms with Crippen LogP contribution in [0.1, 0.15) is 33.2 Å². The highest BCUT2D eigenvalue weighted by Gasteiger charge is 2.48. The van der Waals surface area contributed by atoms with Crippen molar-refractivity contribution in [1.29, 1.82) is 0 Å². The highest BCUT2D eigenvalue weighted by atomic mass is 16.6. The van der Waals surface area contributed by atoms with Gasteiger partial charge in [-0.25, -0.2) is 4.79 Å². The van der Waals surface area contributed by atoms with Crippen molar-refractivity contribution in [2.75, 3.05) is 20.3 Å². The quantitative estimate of drug-likeness (QED) is 0.597. The minimum absolute atomic E-state index is 0.000453. The molecule has 0 saturated carbocycles. The molecule has 0 amide bonds. The molecule has 5 nitrogen and oxygen atoms in total. The zero-order valence-electron chi connectivity index (χ0n) is 14.3. The first kappa shape index (κ1) is 17.2. The van der Waals surface area contributed by atoms with Crippen LogP contribution >= 0.6 is 0 Å². The molecule has 130 valence electrons. The summed E-state index contributed by atoms with van der Waals surface area (Å²) in [6, 6.07) is 14.1. The highest BCUT2D eigenvalue weighted by Crippen LogP contribution is 2.34. The van der Waals surface area contributed by atoms with Gasteiger partial charge in [0.2, 0.25) is 11.4 Å². The number of esters is 1. The number of para-hydroxylation sites is 1. The van der Waals surface area contributed by atoms with Gasteiger partial charge in [-0.3, -0.25) is 4.79 Å². The topological polar surface area (TPSA) is 61.8 Å². The van der Waals surface area contributed by atoms with E-state index in [1.54, 1.807) is 36.4 Å². The van der Waals surface area contributed by atoms with E-state index in [4.69, 9.17) is 14.2 Å². The van der Waals surface area contributed by atoms with Crippen molar-refractivity contribution in [3.63, 3.8) is 0 Å². The molecule has 0 aliphatic carbocycles. The van der Waals surface area contributed by atoms with Crippen LogP contribution < -0.4 is 4.74 Å². The predicted molar refractivity (Wildman–Crippen MR) is 92.1 cm³/mol. The van der Waals surface area contributed by atoms with Gasteiger partial charge in [-0.2, -0.15) is 0 Å². The molecule has 0 fully saturated rings. The van der Waals surface area contributed by atoms with Gasteiger partial charge in [0.15, 0.2) is 0 Å². The van der Waals surface area contributed by atoms with Crippen molar-refractivity contribution in [1.82, 2.24) is 0 Å². The van der Waals surface area contributed by atoms with Gasteiger partial charge < -0.3 is 14.2 Å². The lowest BCUT2D eigenvalue weighted by molar-refractivity contribution is -0.0521. The molecule has 0 bridgehead atoms. The van der Waals surface area contributed by atoms with Crippen LogP contribution in [0.15, 0.2) is 48.5 Å². The molecule has 5 heteroatoms. The molecule has 0 N–H and O–H groups in total. The Morgan fingerprint density at radius 2 is 1.88 bits per heavy atom. The number of Topliss-reactive ketones (excluding diaryl/α,β-unsaturated/α-hetero) is 1. The number of carbonyl (C=O) groups excluding carboxylic acids is 2. The number of hydrogen-bond donors (Lipinski definition) is 0. The summed E-state index contributed by atoms with van der Waals surface area (Å²) in [6.45, 7) is 2.25. The number of ether oxygens (including phenoxy) is 3. The maximum absolute atomic E-state index is 13.3. The molecule has 0 radical (unpaired) electrons. The Labute approximate surface area is 146 Å². The molecule has 0 aromatic heterocycles. The van der Waals surface area contributed by atoms with E-state index in [1.807, 2.05) is 19.1 Å². The average Bonchev–Trinajstić information content (AvgIpc) is 2.65. The molecule has 0 spiro atoms. The van der Waals surface area contributed by atoms with Crippen LogP contribution in [-0.4, -0.2) is 37.7 Å². The Hall–Kier alpha value is -2.66. The standard InChI is InChI=1S/C20H20O5/c1-3-24-13-20(18(21)16-10-6-7-11-17(16)23-2)12-14-8-4-5-9-15(14)19(22)25-20/h4-11H,3,12-13H2,1-2H3/t20-/m1/s1. The van der Waals surface area contributed by atoms with Gasteiger partial charge in [0, 0.05) is 13.0 Å². The van der Waals surface area contributed by atoms with Crippen LogP contribution in [0, 0.1) is 0 Å². The third kappa shape index (κ3) is 3.15. The van der Waals surface area contributed by atoms with Crippen LogP contribution in [0.4, 0.5) is 0 Å². The maximum Gasteiger partial charge on any atom is 0.339 e. The minimum atomic E-state index is -1.39. The number of fused-ring (bicyclic) bond motifs is 1. The number of carbonyl (C=O) groups is 2. The van der Waals surface area contributed by atoms with Crippen LogP contribution in [0.2, 0.25) is 0 Å². The molecule has 0 unspecified atom stereocenters. The summed E-state index contributed by atoms with van der Waals surface area (Å²) in [5, 5.41) is 0. The van der Waals surface area contributed by atoms with Crippen molar-refractivity contribution >= 4 is 11.8 Å². The number of rotatable bonds is 6. The molecule has 1 aliphatic rings. The summed E-state index contributed by atoms with van der Waals surface area (Å²) < 4.78 is 16.5. The molecular weight excluding hydrogens is 320 g/mol. The van der Waals surface area contributed by atoms with Crippen molar-refractivity contribution in [2.45, 2.75) is 18.9 Å². The van der Waals surface area contributed by atoms with Crippen LogP contribution in [-0.2, 0) is 15.9 Å².